The van der Waals surface area contributed by atoms with Crippen molar-refractivity contribution in [2.24, 2.45) is 0 Å². The zero-order valence-electron chi connectivity index (χ0n) is 17.4. The van der Waals surface area contributed by atoms with Crippen LogP contribution in [-0.4, -0.2) is 19.7 Å². The molecule has 7 heteroatoms. The van der Waals surface area contributed by atoms with Crippen LogP contribution in [0.15, 0.2) is 57.2 Å². The Bertz CT molecular complexity index is 1250. The Morgan fingerprint density at radius 3 is 2.68 bits per heavy atom. The van der Waals surface area contributed by atoms with Crippen molar-refractivity contribution in [3.05, 3.63) is 75.1 Å². The lowest BCUT2D eigenvalue weighted by molar-refractivity contribution is -0.137. The molecule has 0 atom stereocenters. The van der Waals surface area contributed by atoms with Crippen molar-refractivity contribution in [3.8, 4) is 17.6 Å². The SMILES string of the molecule is CCOC(=O)/C(C#N)=C\c1ccc(OCc2cc(=O)oc3ccc(C)cc23)c(OC)c1. The van der Waals surface area contributed by atoms with Crippen molar-refractivity contribution in [1.29, 1.82) is 5.26 Å². The number of aryl methyl sites for hydroxylation is 1. The van der Waals surface area contributed by atoms with Gasteiger partial charge in [-0.05, 0) is 49.8 Å². The fourth-order valence-corrected chi connectivity index (χ4v) is 3.02. The van der Waals surface area contributed by atoms with E-state index < -0.39 is 11.6 Å². The van der Waals surface area contributed by atoms with E-state index in [0.29, 0.717) is 28.2 Å². The summed E-state index contributed by atoms with van der Waals surface area (Å²) >= 11 is 0. The van der Waals surface area contributed by atoms with Crippen molar-refractivity contribution in [3.63, 3.8) is 0 Å². The minimum absolute atomic E-state index is 0.115. The quantitative estimate of drug-likeness (QED) is 0.245. The highest BCUT2D eigenvalue weighted by molar-refractivity contribution is 5.98. The van der Waals surface area contributed by atoms with E-state index in [0.717, 1.165) is 10.9 Å². The lowest BCUT2D eigenvalue weighted by Crippen LogP contribution is -2.06. The third-order valence-electron chi connectivity index (χ3n) is 4.48. The zero-order chi connectivity index (χ0) is 22.4. The van der Waals surface area contributed by atoms with Gasteiger partial charge < -0.3 is 18.6 Å². The molecular formula is C24H21NO6. The van der Waals surface area contributed by atoms with Crippen LogP contribution in [0.25, 0.3) is 17.0 Å². The Hall–Kier alpha value is -4.05. The van der Waals surface area contributed by atoms with E-state index >= 15 is 0 Å². The monoisotopic (exact) mass is 419 g/mol. The molecule has 158 valence electrons. The van der Waals surface area contributed by atoms with Gasteiger partial charge in [-0.3, -0.25) is 0 Å². The molecule has 0 radical (unpaired) electrons. The maximum Gasteiger partial charge on any atom is 0.348 e. The average molecular weight is 419 g/mol. The zero-order valence-corrected chi connectivity index (χ0v) is 17.4. The lowest BCUT2D eigenvalue weighted by Gasteiger charge is -2.12. The van der Waals surface area contributed by atoms with Crippen LogP contribution in [0.3, 0.4) is 0 Å². The number of nitriles is 1. The second-order valence-corrected chi connectivity index (χ2v) is 6.68. The number of ether oxygens (including phenoxy) is 3. The number of hydrogen-bond donors (Lipinski definition) is 0. The maximum atomic E-state index is 11.9. The molecule has 0 aliphatic carbocycles. The highest BCUT2D eigenvalue weighted by atomic mass is 16.5. The summed E-state index contributed by atoms with van der Waals surface area (Å²) < 4.78 is 21.4. The second kappa shape index (κ2) is 9.63. The van der Waals surface area contributed by atoms with Crippen molar-refractivity contribution >= 4 is 23.0 Å². The smallest absolute Gasteiger partial charge is 0.348 e. The van der Waals surface area contributed by atoms with Gasteiger partial charge in [0, 0.05) is 17.0 Å². The van der Waals surface area contributed by atoms with E-state index in [2.05, 4.69) is 0 Å². The third kappa shape index (κ3) is 5.11. The Morgan fingerprint density at radius 2 is 1.97 bits per heavy atom. The summed E-state index contributed by atoms with van der Waals surface area (Å²) in [6, 6.07) is 13.8. The first-order chi connectivity index (χ1) is 14.9. The summed E-state index contributed by atoms with van der Waals surface area (Å²) in [5, 5.41) is 9.99. The van der Waals surface area contributed by atoms with Gasteiger partial charge in [-0.15, -0.1) is 0 Å². The largest absolute Gasteiger partial charge is 0.493 e. The molecule has 2 aromatic carbocycles. The number of benzene rings is 2. The lowest BCUT2D eigenvalue weighted by atomic mass is 10.1. The van der Waals surface area contributed by atoms with Gasteiger partial charge >= 0.3 is 11.6 Å². The standard InChI is InChI=1S/C24H21NO6/c1-4-29-24(27)17(13-25)10-16-6-8-21(22(11-16)28-3)30-14-18-12-23(26)31-20-7-5-15(2)9-19(18)20/h5-12H,4,14H2,1-3H3/b17-10-. The Morgan fingerprint density at radius 1 is 1.16 bits per heavy atom. The molecular weight excluding hydrogens is 398 g/mol. The minimum Gasteiger partial charge on any atom is -0.493 e. The summed E-state index contributed by atoms with van der Waals surface area (Å²) in [6.45, 7) is 3.93. The number of rotatable bonds is 7. The van der Waals surface area contributed by atoms with Crippen LogP contribution in [0.5, 0.6) is 11.5 Å². The van der Waals surface area contributed by atoms with Gasteiger partial charge in [0.15, 0.2) is 11.5 Å². The number of hydrogen-bond acceptors (Lipinski definition) is 7. The molecule has 1 aromatic heterocycles. The van der Waals surface area contributed by atoms with Crippen molar-refractivity contribution in [2.75, 3.05) is 13.7 Å². The topological polar surface area (TPSA) is 98.8 Å². The number of carbonyl (C=O) groups is 1. The number of methoxy groups -OCH3 is 1. The van der Waals surface area contributed by atoms with Crippen molar-refractivity contribution in [1.82, 2.24) is 0 Å². The predicted molar refractivity (Wildman–Crippen MR) is 115 cm³/mol. The molecule has 31 heavy (non-hydrogen) atoms. The number of carbonyl (C=O) groups excluding carboxylic acids is 1. The number of fused-ring (bicyclic) bond motifs is 1. The molecule has 0 aliphatic rings. The number of esters is 1. The summed E-state index contributed by atoms with van der Waals surface area (Å²) in [5.41, 5.74) is 2.23. The average Bonchev–Trinajstić information content (AvgIpc) is 2.76. The Kier molecular flexibility index (Phi) is 6.73. The fraction of sp³-hybridized carbons (Fsp3) is 0.208. The van der Waals surface area contributed by atoms with Crippen LogP contribution < -0.4 is 15.1 Å². The van der Waals surface area contributed by atoms with Gasteiger partial charge in [0.25, 0.3) is 0 Å². The van der Waals surface area contributed by atoms with Crippen LogP contribution >= 0.6 is 0 Å². The maximum absolute atomic E-state index is 11.9. The summed E-state index contributed by atoms with van der Waals surface area (Å²) in [4.78, 5) is 23.7. The van der Waals surface area contributed by atoms with Crippen LogP contribution in [0, 0.1) is 18.3 Å². The Labute approximate surface area is 179 Å². The van der Waals surface area contributed by atoms with Crippen LogP contribution in [0.4, 0.5) is 0 Å². The normalized spacial score (nSPS) is 11.1. The fourth-order valence-electron chi connectivity index (χ4n) is 3.02. The molecule has 0 saturated carbocycles. The highest BCUT2D eigenvalue weighted by Gasteiger charge is 2.12. The molecule has 0 bridgehead atoms. The van der Waals surface area contributed by atoms with E-state index in [4.69, 9.17) is 18.6 Å². The highest BCUT2D eigenvalue weighted by Crippen LogP contribution is 2.30. The first-order valence-electron chi connectivity index (χ1n) is 9.58. The Balaban J connectivity index is 1.88. The summed E-state index contributed by atoms with van der Waals surface area (Å²) in [5.74, 6) is 0.177. The molecule has 7 nitrogen and oxygen atoms in total. The van der Waals surface area contributed by atoms with E-state index in [1.165, 1.54) is 19.3 Å². The van der Waals surface area contributed by atoms with Gasteiger partial charge in [-0.2, -0.15) is 5.26 Å². The van der Waals surface area contributed by atoms with Crippen molar-refractivity contribution < 1.29 is 23.4 Å². The number of nitrogens with zero attached hydrogens (tertiary/aromatic N) is 1. The molecule has 1 heterocycles. The minimum atomic E-state index is -0.686. The van der Waals surface area contributed by atoms with Gasteiger partial charge in [0.1, 0.15) is 23.8 Å². The first kappa shape index (κ1) is 21.7. The summed E-state index contributed by atoms with van der Waals surface area (Å²) in [6.07, 6.45) is 1.42. The predicted octanol–water partition coefficient (Wildman–Crippen LogP) is 4.16. The van der Waals surface area contributed by atoms with Gasteiger partial charge in [-0.25, -0.2) is 9.59 Å². The second-order valence-electron chi connectivity index (χ2n) is 6.68. The molecule has 0 N–H and O–H groups in total. The van der Waals surface area contributed by atoms with E-state index in [1.807, 2.05) is 25.1 Å². The first-order valence-corrected chi connectivity index (χ1v) is 9.58. The third-order valence-corrected chi connectivity index (χ3v) is 4.48. The van der Waals surface area contributed by atoms with Crippen LogP contribution in [-0.2, 0) is 16.1 Å². The van der Waals surface area contributed by atoms with Crippen LogP contribution in [0.1, 0.15) is 23.6 Å². The summed E-state index contributed by atoms with van der Waals surface area (Å²) in [7, 11) is 1.49. The van der Waals surface area contributed by atoms with E-state index in [1.54, 1.807) is 31.2 Å². The van der Waals surface area contributed by atoms with Crippen LogP contribution in [0.2, 0.25) is 0 Å². The molecule has 0 amide bonds. The van der Waals surface area contributed by atoms with E-state index in [-0.39, 0.29) is 18.8 Å². The molecule has 0 saturated heterocycles. The molecule has 3 rings (SSSR count). The molecule has 3 aromatic rings. The molecule has 0 aliphatic heterocycles. The molecule has 0 unspecified atom stereocenters. The van der Waals surface area contributed by atoms with Gasteiger partial charge in [0.2, 0.25) is 0 Å². The molecule has 0 spiro atoms. The van der Waals surface area contributed by atoms with Crippen molar-refractivity contribution in [2.45, 2.75) is 20.5 Å². The van der Waals surface area contributed by atoms with E-state index in [9.17, 15) is 14.9 Å². The molecule has 0 fully saturated rings. The van der Waals surface area contributed by atoms with Gasteiger partial charge in [0.05, 0.1) is 13.7 Å². The van der Waals surface area contributed by atoms with Gasteiger partial charge in [-0.1, -0.05) is 17.7 Å².